The van der Waals surface area contributed by atoms with Gasteiger partial charge in [0.05, 0.1) is 22.7 Å². The number of nitrogens with zero attached hydrogens (tertiary/aromatic N) is 2. The molecule has 0 bridgehead atoms. The van der Waals surface area contributed by atoms with E-state index in [2.05, 4.69) is 42.7 Å². The van der Waals surface area contributed by atoms with Crippen LogP contribution in [0.3, 0.4) is 0 Å². The van der Waals surface area contributed by atoms with Crippen molar-refractivity contribution in [3.8, 4) is 17.1 Å². The van der Waals surface area contributed by atoms with Crippen molar-refractivity contribution in [1.29, 1.82) is 0 Å². The van der Waals surface area contributed by atoms with Crippen LogP contribution in [0.4, 0.5) is 0 Å². The second-order valence-corrected chi connectivity index (χ2v) is 8.42. The van der Waals surface area contributed by atoms with Gasteiger partial charge >= 0.3 is 0 Å². The molecule has 5 heteroatoms. The Balaban J connectivity index is 1.49. The number of para-hydroxylation sites is 2. The summed E-state index contributed by atoms with van der Waals surface area (Å²) in [6.45, 7) is 5.71. The molecule has 3 aromatic carbocycles. The van der Waals surface area contributed by atoms with Crippen LogP contribution in [0.2, 0.25) is 10.0 Å². The summed E-state index contributed by atoms with van der Waals surface area (Å²) in [7, 11) is 0. The lowest BCUT2D eigenvalue weighted by molar-refractivity contribution is 0.303. The molecule has 3 nitrogen and oxygen atoms in total. The lowest BCUT2D eigenvalue weighted by Gasteiger charge is -2.12. The van der Waals surface area contributed by atoms with Crippen molar-refractivity contribution in [2.75, 3.05) is 6.61 Å². The Labute approximate surface area is 187 Å². The molecule has 0 aliphatic carbocycles. The maximum atomic E-state index is 6.48. The lowest BCUT2D eigenvalue weighted by Crippen LogP contribution is -2.04. The first-order valence-corrected chi connectivity index (χ1v) is 10.9. The first-order chi connectivity index (χ1) is 14.5. The fourth-order valence-electron chi connectivity index (χ4n) is 3.76. The quantitative estimate of drug-likeness (QED) is 0.279. The van der Waals surface area contributed by atoms with Crippen LogP contribution >= 0.6 is 23.2 Å². The number of benzene rings is 3. The van der Waals surface area contributed by atoms with Crippen LogP contribution in [0.1, 0.15) is 24.0 Å². The molecule has 0 atom stereocenters. The Morgan fingerprint density at radius 2 is 1.67 bits per heavy atom. The third kappa shape index (κ3) is 4.63. The number of aromatic nitrogens is 2. The smallest absolute Gasteiger partial charge is 0.142 e. The molecule has 0 N–H and O–H groups in total. The summed E-state index contributed by atoms with van der Waals surface area (Å²) < 4.78 is 8.20. The number of hydrogen-bond donors (Lipinski definition) is 0. The van der Waals surface area contributed by atoms with E-state index in [0.717, 1.165) is 47.6 Å². The molecule has 30 heavy (non-hydrogen) atoms. The molecule has 1 heterocycles. The van der Waals surface area contributed by atoms with Gasteiger partial charge in [-0.25, -0.2) is 4.98 Å². The van der Waals surface area contributed by atoms with Crippen LogP contribution in [0.5, 0.6) is 5.75 Å². The number of halogens is 2. The highest BCUT2D eigenvalue weighted by atomic mass is 35.5. The molecular formula is C25H24Cl2N2O. The van der Waals surface area contributed by atoms with Crippen LogP contribution in [0.15, 0.2) is 60.7 Å². The number of rotatable bonds is 7. The van der Waals surface area contributed by atoms with Gasteiger partial charge in [0.1, 0.15) is 11.6 Å². The molecule has 4 aromatic rings. The highest BCUT2D eigenvalue weighted by molar-refractivity contribution is 6.36. The predicted octanol–water partition coefficient (Wildman–Crippen LogP) is 7.49. The average molecular weight is 439 g/mol. The van der Waals surface area contributed by atoms with Gasteiger partial charge in [0, 0.05) is 17.1 Å². The zero-order valence-corrected chi connectivity index (χ0v) is 18.7. The topological polar surface area (TPSA) is 27.1 Å². The Morgan fingerprint density at radius 1 is 0.900 bits per heavy atom. The van der Waals surface area contributed by atoms with Crippen LogP contribution < -0.4 is 4.74 Å². The minimum Gasteiger partial charge on any atom is -0.494 e. The van der Waals surface area contributed by atoms with Gasteiger partial charge in [0.2, 0.25) is 0 Å². The highest BCUT2D eigenvalue weighted by Crippen LogP contribution is 2.32. The molecule has 154 valence electrons. The first kappa shape index (κ1) is 20.8. The van der Waals surface area contributed by atoms with Gasteiger partial charge in [-0.2, -0.15) is 0 Å². The zero-order chi connectivity index (χ0) is 21.1. The van der Waals surface area contributed by atoms with E-state index in [-0.39, 0.29) is 0 Å². The molecule has 0 saturated carbocycles. The molecule has 0 saturated heterocycles. The number of aryl methyl sites for hydroxylation is 3. The number of hydrogen-bond acceptors (Lipinski definition) is 2. The summed E-state index contributed by atoms with van der Waals surface area (Å²) >= 11 is 12.6. The summed E-state index contributed by atoms with van der Waals surface area (Å²) in [5.74, 6) is 1.81. The Hall–Kier alpha value is -2.49. The second-order valence-electron chi connectivity index (χ2n) is 7.58. The van der Waals surface area contributed by atoms with E-state index in [4.69, 9.17) is 32.9 Å². The molecule has 0 radical (unpaired) electrons. The fourth-order valence-corrected chi connectivity index (χ4v) is 4.25. The van der Waals surface area contributed by atoms with Gasteiger partial charge in [-0.3, -0.25) is 0 Å². The molecule has 0 fully saturated rings. The third-order valence-corrected chi connectivity index (χ3v) is 5.61. The van der Waals surface area contributed by atoms with E-state index >= 15 is 0 Å². The molecular weight excluding hydrogens is 415 g/mol. The number of fused-ring (bicyclic) bond motifs is 1. The van der Waals surface area contributed by atoms with Crippen molar-refractivity contribution >= 4 is 34.2 Å². The molecule has 0 aliphatic heterocycles. The van der Waals surface area contributed by atoms with Crippen LogP contribution in [0.25, 0.3) is 22.4 Å². The largest absolute Gasteiger partial charge is 0.494 e. The van der Waals surface area contributed by atoms with Crippen molar-refractivity contribution in [2.24, 2.45) is 0 Å². The van der Waals surface area contributed by atoms with Gasteiger partial charge in [0.25, 0.3) is 0 Å². The monoisotopic (exact) mass is 438 g/mol. The van der Waals surface area contributed by atoms with Crippen molar-refractivity contribution in [2.45, 2.75) is 33.2 Å². The summed E-state index contributed by atoms with van der Waals surface area (Å²) in [4.78, 5) is 4.84. The maximum Gasteiger partial charge on any atom is 0.142 e. The molecule has 0 aliphatic rings. The standard InChI is InChI=1S/C25H24Cl2N2O/c1-17-13-18(2)15-20(14-17)30-12-6-5-11-29-24-8-4-3-7-23(24)28-25(29)21-10-9-19(26)16-22(21)27/h3-4,7-10,13-16H,5-6,11-12H2,1-2H3. The maximum absolute atomic E-state index is 6.48. The molecule has 0 spiro atoms. The summed E-state index contributed by atoms with van der Waals surface area (Å²) in [5, 5.41) is 1.23. The van der Waals surface area contributed by atoms with E-state index in [1.54, 1.807) is 6.07 Å². The third-order valence-electron chi connectivity index (χ3n) is 5.07. The minimum absolute atomic E-state index is 0.609. The van der Waals surface area contributed by atoms with Crippen molar-refractivity contribution < 1.29 is 4.74 Å². The van der Waals surface area contributed by atoms with Gasteiger partial charge in [-0.1, -0.05) is 41.4 Å². The highest BCUT2D eigenvalue weighted by Gasteiger charge is 2.15. The van der Waals surface area contributed by atoms with E-state index < -0.39 is 0 Å². The molecule has 4 rings (SSSR count). The Bertz CT molecular complexity index is 1160. The van der Waals surface area contributed by atoms with Crippen molar-refractivity contribution in [1.82, 2.24) is 9.55 Å². The predicted molar refractivity (Wildman–Crippen MR) is 126 cm³/mol. The summed E-state index contributed by atoms with van der Waals surface area (Å²) in [5.41, 5.74) is 5.40. The number of imidazole rings is 1. The minimum atomic E-state index is 0.609. The summed E-state index contributed by atoms with van der Waals surface area (Å²) in [6.07, 6.45) is 1.93. The Kier molecular flexibility index (Phi) is 6.31. The van der Waals surface area contributed by atoms with Gasteiger partial charge in [-0.15, -0.1) is 0 Å². The Morgan fingerprint density at radius 3 is 2.43 bits per heavy atom. The first-order valence-electron chi connectivity index (χ1n) is 10.1. The van der Waals surface area contributed by atoms with Gasteiger partial charge in [-0.05, 0) is 80.3 Å². The van der Waals surface area contributed by atoms with Gasteiger partial charge < -0.3 is 9.30 Å². The average Bonchev–Trinajstić information content (AvgIpc) is 3.05. The van der Waals surface area contributed by atoms with Crippen LogP contribution in [-0.2, 0) is 6.54 Å². The van der Waals surface area contributed by atoms with Crippen LogP contribution in [-0.4, -0.2) is 16.2 Å². The van der Waals surface area contributed by atoms with Crippen molar-refractivity contribution in [3.63, 3.8) is 0 Å². The molecule has 0 unspecified atom stereocenters. The van der Waals surface area contributed by atoms with E-state index in [1.165, 1.54) is 11.1 Å². The van der Waals surface area contributed by atoms with Crippen molar-refractivity contribution in [3.05, 3.63) is 81.8 Å². The fraction of sp³-hybridized carbons (Fsp3) is 0.240. The summed E-state index contributed by atoms with van der Waals surface area (Å²) in [6, 6.07) is 20.0. The number of unbranched alkanes of at least 4 members (excludes halogenated alkanes) is 1. The van der Waals surface area contributed by atoms with E-state index in [0.29, 0.717) is 16.7 Å². The zero-order valence-electron chi connectivity index (χ0n) is 17.2. The SMILES string of the molecule is Cc1cc(C)cc(OCCCCn2c(-c3ccc(Cl)cc3Cl)nc3ccccc32)c1. The lowest BCUT2D eigenvalue weighted by atomic mass is 10.1. The normalized spacial score (nSPS) is 11.2. The van der Waals surface area contributed by atoms with Crippen LogP contribution in [0, 0.1) is 13.8 Å². The van der Waals surface area contributed by atoms with E-state index in [9.17, 15) is 0 Å². The molecule has 0 amide bonds. The number of ether oxygens (including phenoxy) is 1. The van der Waals surface area contributed by atoms with E-state index in [1.807, 2.05) is 30.3 Å². The van der Waals surface area contributed by atoms with Gasteiger partial charge in [0.15, 0.2) is 0 Å². The molecule has 1 aromatic heterocycles. The second kappa shape index (κ2) is 9.11.